The van der Waals surface area contributed by atoms with Gasteiger partial charge >= 0.3 is 0 Å². The van der Waals surface area contributed by atoms with E-state index in [2.05, 4.69) is 53.7 Å². The van der Waals surface area contributed by atoms with Gasteiger partial charge in [0.05, 0.1) is 13.1 Å². The topological polar surface area (TPSA) is 20.2 Å². The number of benzene rings is 1. The second kappa shape index (κ2) is 5.11. The second-order valence-corrected chi connectivity index (χ2v) is 9.22. The summed E-state index contributed by atoms with van der Waals surface area (Å²) in [5, 5.41) is 10.0. The van der Waals surface area contributed by atoms with Crippen LogP contribution in [0.15, 0.2) is 29.8 Å². The van der Waals surface area contributed by atoms with Gasteiger partial charge in [0.15, 0.2) is 0 Å². The minimum Gasteiger partial charge on any atom is -0.508 e. The van der Waals surface area contributed by atoms with Gasteiger partial charge in [-0.25, -0.2) is 0 Å². The van der Waals surface area contributed by atoms with E-state index in [0.29, 0.717) is 10.2 Å². The number of likely N-dealkylation sites (tertiary alicyclic amines) is 1. The first kappa shape index (κ1) is 17.5. The van der Waals surface area contributed by atoms with Gasteiger partial charge in [-0.2, -0.15) is 0 Å². The molecule has 3 rings (SSSR count). The zero-order chi connectivity index (χ0) is 18.0. The molecule has 2 heteroatoms. The lowest BCUT2D eigenvalue weighted by molar-refractivity contribution is -0.948. The molecule has 1 aliphatic carbocycles. The van der Waals surface area contributed by atoms with Gasteiger partial charge in [-0.05, 0) is 50.1 Å². The van der Waals surface area contributed by atoms with Crippen LogP contribution in [0.25, 0.3) is 0 Å². The largest absolute Gasteiger partial charge is 0.508 e. The summed E-state index contributed by atoms with van der Waals surface area (Å²) in [6.45, 7) is 15.6. The Morgan fingerprint density at radius 3 is 2.54 bits per heavy atom. The molecular formula is C22H32NO+. The Bertz CT molecular complexity index is 700. The first-order valence-corrected chi connectivity index (χ1v) is 9.08. The van der Waals surface area contributed by atoms with E-state index in [0.717, 1.165) is 25.9 Å². The van der Waals surface area contributed by atoms with Crippen LogP contribution in [-0.2, 0) is 11.8 Å². The van der Waals surface area contributed by atoms with Crippen molar-refractivity contribution in [1.29, 1.82) is 0 Å². The molecule has 24 heavy (non-hydrogen) atoms. The van der Waals surface area contributed by atoms with Crippen LogP contribution in [0, 0.1) is 12.5 Å². The summed E-state index contributed by atoms with van der Waals surface area (Å²) in [5.74, 6) is 0.373. The van der Waals surface area contributed by atoms with E-state index < -0.39 is 0 Å². The molecule has 0 aromatic heterocycles. The molecule has 130 valence electrons. The normalized spacial score (nSPS) is 36.8. The third kappa shape index (κ3) is 2.05. The highest BCUT2D eigenvalue weighted by Crippen LogP contribution is 2.63. The molecule has 2 radical (unpaired) electrons. The molecule has 1 aliphatic heterocycles. The summed E-state index contributed by atoms with van der Waals surface area (Å²) in [6, 6.07) is 5.91. The monoisotopic (exact) mass is 326 g/mol. The Morgan fingerprint density at radius 1 is 1.25 bits per heavy atom. The first-order chi connectivity index (χ1) is 11.0. The summed E-state index contributed by atoms with van der Waals surface area (Å²) >= 11 is 0. The maximum absolute atomic E-state index is 10.0. The number of hydrogen-bond donors (Lipinski definition) is 1. The lowest BCUT2D eigenvalue weighted by Crippen LogP contribution is -2.76. The van der Waals surface area contributed by atoms with E-state index in [9.17, 15) is 5.11 Å². The summed E-state index contributed by atoms with van der Waals surface area (Å²) < 4.78 is 0.598. The van der Waals surface area contributed by atoms with E-state index in [1.807, 2.05) is 12.1 Å². The molecule has 1 heterocycles. The molecule has 1 aromatic rings. The predicted molar refractivity (Wildman–Crippen MR) is 99.7 cm³/mol. The second-order valence-electron chi connectivity index (χ2n) is 9.22. The Hall–Kier alpha value is -1.28. The number of quaternary nitrogens is 1. The SMILES string of the molecule is [CH][N+]1(CC=C(C)C)CCC2(C)c3cc(O)ccc3CC1(C)C2(C)C. The average molecular weight is 327 g/mol. The fourth-order valence-electron chi connectivity index (χ4n) is 5.22. The van der Waals surface area contributed by atoms with Crippen LogP contribution >= 0.6 is 0 Å². The number of nitrogens with zero attached hydrogens (tertiary/aromatic N) is 1. The Balaban J connectivity index is 2.19. The Labute approximate surface area is 147 Å². The van der Waals surface area contributed by atoms with Gasteiger partial charge in [0, 0.05) is 23.7 Å². The molecule has 2 bridgehead atoms. The van der Waals surface area contributed by atoms with Crippen molar-refractivity contribution < 1.29 is 9.59 Å². The molecule has 3 unspecified atom stereocenters. The number of piperidine rings is 1. The average Bonchev–Trinajstić information content (AvgIpc) is 2.49. The van der Waals surface area contributed by atoms with Gasteiger partial charge in [-0.1, -0.05) is 32.4 Å². The van der Waals surface area contributed by atoms with Gasteiger partial charge in [-0.3, -0.25) is 0 Å². The van der Waals surface area contributed by atoms with Crippen LogP contribution in [0.4, 0.5) is 0 Å². The number of phenolic OH excluding ortho intramolecular Hbond substituents is 1. The summed E-state index contributed by atoms with van der Waals surface area (Å²) in [5.41, 5.74) is 4.01. The molecule has 2 nitrogen and oxygen atoms in total. The van der Waals surface area contributed by atoms with Gasteiger partial charge in [0.25, 0.3) is 0 Å². The first-order valence-electron chi connectivity index (χ1n) is 9.08. The van der Waals surface area contributed by atoms with Crippen molar-refractivity contribution >= 4 is 0 Å². The summed E-state index contributed by atoms with van der Waals surface area (Å²) in [7, 11) is 7.06. The lowest BCUT2D eigenvalue weighted by Gasteiger charge is -2.68. The zero-order valence-electron chi connectivity index (χ0n) is 16.1. The van der Waals surface area contributed by atoms with Gasteiger partial charge in [0.2, 0.25) is 7.05 Å². The maximum atomic E-state index is 10.0. The third-order valence-corrected chi connectivity index (χ3v) is 7.77. The smallest absolute Gasteiger partial charge is 0.207 e. The van der Waals surface area contributed by atoms with Gasteiger partial charge < -0.3 is 9.59 Å². The highest BCUT2D eigenvalue weighted by Gasteiger charge is 2.68. The van der Waals surface area contributed by atoms with Crippen LogP contribution in [-0.4, -0.2) is 28.2 Å². The number of aromatic hydroxyl groups is 1. The van der Waals surface area contributed by atoms with Crippen LogP contribution in [0.2, 0.25) is 0 Å². The standard InChI is InChI=1S/C22H32NO/c1-16(2)10-12-23(7)13-11-21(5)19-14-18(24)9-8-17(19)15-22(23,6)20(21,3)4/h7-10,14,24H,11-13,15H2,1-6H3/q+1. The number of phenols is 1. The molecule has 0 saturated carbocycles. The van der Waals surface area contributed by atoms with E-state index in [-0.39, 0.29) is 16.4 Å². The van der Waals surface area contributed by atoms with Crippen LogP contribution in [0.3, 0.4) is 0 Å². The van der Waals surface area contributed by atoms with Crippen LogP contribution < -0.4 is 0 Å². The van der Waals surface area contributed by atoms with E-state index >= 15 is 0 Å². The lowest BCUT2D eigenvalue weighted by atomic mass is 9.45. The van der Waals surface area contributed by atoms with Crippen molar-refractivity contribution in [2.75, 3.05) is 13.1 Å². The predicted octanol–water partition coefficient (Wildman–Crippen LogP) is 4.85. The number of fused-ring (bicyclic) bond motifs is 4. The summed E-state index contributed by atoms with van der Waals surface area (Å²) in [6.07, 6.45) is 4.29. The van der Waals surface area contributed by atoms with Crippen molar-refractivity contribution in [2.45, 2.75) is 65.3 Å². The van der Waals surface area contributed by atoms with Crippen molar-refractivity contribution in [2.24, 2.45) is 5.41 Å². The Morgan fingerprint density at radius 2 is 1.92 bits per heavy atom. The molecule has 3 atom stereocenters. The van der Waals surface area contributed by atoms with Crippen molar-refractivity contribution in [3.05, 3.63) is 48.0 Å². The van der Waals surface area contributed by atoms with E-state index in [1.165, 1.54) is 16.7 Å². The van der Waals surface area contributed by atoms with Gasteiger partial charge in [0.1, 0.15) is 11.3 Å². The van der Waals surface area contributed by atoms with Crippen molar-refractivity contribution in [3.63, 3.8) is 0 Å². The quantitative estimate of drug-likeness (QED) is 0.608. The summed E-state index contributed by atoms with van der Waals surface area (Å²) in [4.78, 5) is 0. The van der Waals surface area contributed by atoms with E-state index in [1.54, 1.807) is 0 Å². The Kier molecular flexibility index (Phi) is 3.73. The van der Waals surface area contributed by atoms with Crippen LogP contribution in [0.1, 0.15) is 59.1 Å². The molecule has 2 aliphatic rings. The molecule has 1 aromatic carbocycles. The molecule has 0 amide bonds. The third-order valence-electron chi connectivity index (χ3n) is 7.77. The minimum absolute atomic E-state index is 0.0279. The fraction of sp³-hybridized carbons (Fsp3) is 0.591. The fourth-order valence-corrected chi connectivity index (χ4v) is 5.22. The highest BCUT2D eigenvalue weighted by molar-refractivity contribution is 5.46. The zero-order valence-corrected chi connectivity index (χ0v) is 16.1. The van der Waals surface area contributed by atoms with Crippen molar-refractivity contribution in [1.82, 2.24) is 0 Å². The number of allylic oxidation sites excluding steroid dienone is 1. The molecule has 0 spiro atoms. The highest BCUT2D eigenvalue weighted by atomic mass is 16.3. The molecular weight excluding hydrogens is 294 g/mol. The maximum Gasteiger partial charge on any atom is 0.207 e. The minimum atomic E-state index is -0.0457. The van der Waals surface area contributed by atoms with Crippen molar-refractivity contribution in [3.8, 4) is 5.75 Å². The molecule has 1 saturated heterocycles. The number of rotatable bonds is 2. The number of hydrogen-bond acceptors (Lipinski definition) is 1. The van der Waals surface area contributed by atoms with E-state index in [4.69, 9.17) is 7.05 Å². The molecule has 1 N–H and O–H groups in total. The molecule has 1 fully saturated rings. The van der Waals surface area contributed by atoms with Crippen LogP contribution in [0.5, 0.6) is 5.75 Å². The van der Waals surface area contributed by atoms with Gasteiger partial charge in [-0.15, -0.1) is 0 Å².